The van der Waals surface area contributed by atoms with Crippen molar-refractivity contribution >= 4 is 22.2 Å². The van der Waals surface area contributed by atoms with Crippen molar-refractivity contribution in [3.63, 3.8) is 0 Å². The Labute approximate surface area is 135 Å². The number of benzene rings is 1. The van der Waals surface area contributed by atoms with E-state index in [1.807, 2.05) is 38.1 Å². The second-order valence-corrected chi connectivity index (χ2v) is 6.76. The van der Waals surface area contributed by atoms with E-state index in [9.17, 15) is 10.1 Å². The third kappa shape index (κ3) is 3.20. The monoisotopic (exact) mass is 312 g/mol. The Morgan fingerprint density at radius 1 is 1.32 bits per heavy atom. The number of rotatable bonds is 4. The average Bonchev–Trinajstić information content (AvgIpc) is 2.81. The van der Waals surface area contributed by atoms with E-state index in [0.717, 1.165) is 16.9 Å². The number of anilines is 1. The first-order chi connectivity index (χ1) is 10.5. The molecule has 0 saturated carbocycles. The van der Waals surface area contributed by atoms with E-state index < -0.39 is 0 Å². The molecule has 0 aliphatic rings. The zero-order chi connectivity index (χ0) is 16.3. The number of aryl methyl sites for hydroxylation is 1. The van der Waals surface area contributed by atoms with Crippen molar-refractivity contribution in [1.82, 2.24) is 0 Å². The molecule has 0 fully saturated rings. The molecule has 3 nitrogen and oxygen atoms in total. The molecule has 2 aromatic rings. The molecule has 0 radical (unpaired) electrons. The Bertz CT molecular complexity index is 721. The van der Waals surface area contributed by atoms with Crippen LogP contribution in [-0.2, 0) is 6.42 Å². The van der Waals surface area contributed by atoms with Gasteiger partial charge in [-0.2, -0.15) is 5.26 Å². The maximum atomic E-state index is 12.4. The molecule has 1 aromatic heterocycles. The standard InChI is InChI=1S/C18H20N2OS/c1-5-15-12(4)22-18(16(15)10-19)20-17(21)14-8-6-13(7-9-14)11(2)3/h6-9,11H,5H2,1-4H3,(H,20,21). The van der Waals surface area contributed by atoms with E-state index in [4.69, 9.17) is 0 Å². The van der Waals surface area contributed by atoms with E-state index in [-0.39, 0.29) is 5.91 Å². The Morgan fingerprint density at radius 3 is 2.45 bits per heavy atom. The second kappa shape index (κ2) is 6.76. The molecule has 0 unspecified atom stereocenters. The summed E-state index contributed by atoms with van der Waals surface area (Å²) in [6, 6.07) is 9.82. The van der Waals surface area contributed by atoms with Crippen LogP contribution >= 0.6 is 11.3 Å². The number of nitrogens with one attached hydrogen (secondary N) is 1. The van der Waals surface area contributed by atoms with Crippen LogP contribution in [-0.4, -0.2) is 5.91 Å². The SMILES string of the molecule is CCc1c(C)sc(NC(=O)c2ccc(C(C)C)cc2)c1C#N. The molecule has 0 aliphatic heterocycles. The molecular weight excluding hydrogens is 292 g/mol. The lowest BCUT2D eigenvalue weighted by Gasteiger charge is -2.07. The van der Waals surface area contributed by atoms with Crippen LogP contribution in [0.2, 0.25) is 0 Å². The molecule has 1 heterocycles. The first-order valence-corrected chi connectivity index (χ1v) is 8.23. The number of nitrogens with zero attached hydrogens (tertiary/aromatic N) is 1. The van der Waals surface area contributed by atoms with Gasteiger partial charge >= 0.3 is 0 Å². The molecule has 22 heavy (non-hydrogen) atoms. The molecule has 0 aliphatic carbocycles. The predicted octanol–water partition coefficient (Wildman–Crippen LogP) is 4.87. The summed E-state index contributed by atoms with van der Waals surface area (Å²) in [4.78, 5) is 13.4. The van der Waals surface area contributed by atoms with Crippen molar-refractivity contribution in [2.24, 2.45) is 0 Å². The lowest BCUT2D eigenvalue weighted by Crippen LogP contribution is -2.11. The van der Waals surface area contributed by atoms with Crippen molar-refractivity contribution in [3.05, 3.63) is 51.4 Å². The summed E-state index contributed by atoms with van der Waals surface area (Å²) in [6.45, 7) is 8.24. The van der Waals surface area contributed by atoms with E-state index in [1.165, 1.54) is 16.9 Å². The van der Waals surface area contributed by atoms with Gasteiger partial charge in [-0.1, -0.05) is 32.9 Å². The molecule has 0 saturated heterocycles. The Kier molecular flexibility index (Phi) is 4.99. The maximum absolute atomic E-state index is 12.4. The van der Waals surface area contributed by atoms with Crippen molar-refractivity contribution < 1.29 is 4.79 Å². The largest absolute Gasteiger partial charge is 0.312 e. The minimum atomic E-state index is -0.171. The summed E-state index contributed by atoms with van der Waals surface area (Å²) in [5.74, 6) is 0.269. The number of thiophene rings is 1. The zero-order valence-electron chi connectivity index (χ0n) is 13.4. The van der Waals surface area contributed by atoms with E-state index >= 15 is 0 Å². The zero-order valence-corrected chi connectivity index (χ0v) is 14.2. The molecule has 4 heteroatoms. The molecule has 0 atom stereocenters. The van der Waals surface area contributed by atoms with Gasteiger partial charge in [0.15, 0.2) is 0 Å². The second-order valence-electron chi connectivity index (χ2n) is 5.54. The van der Waals surface area contributed by atoms with Gasteiger partial charge in [-0.25, -0.2) is 0 Å². The van der Waals surface area contributed by atoms with Gasteiger partial charge in [-0.3, -0.25) is 4.79 Å². The molecule has 0 bridgehead atoms. The van der Waals surface area contributed by atoms with Crippen LogP contribution in [0.25, 0.3) is 0 Å². The third-order valence-corrected chi connectivity index (χ3v) is 4.80. The molecule has 0 spiro atoms. The smallest absolute Gasteiger partial charge is 0.256 e. The first kappa shape index (κ1) is 16.3. The van der Waals surface area contributed by atoms with Gasteiger partial charge < -0.3 is 5.32 Å². The highest BCUT2D eigenvalue weighted by Gasteiger charge is 2.17. The van der Waals surface area contributed by atoms with Gasteiger partial charge in [0, 0.05) is 10.4 Å². The van der Waals surface area contributed by atoms with E-state index in [1.54, 1.807) is 0 Å². The van der Waals surface area contributed by atoms with Gasteiger partial charge in [0.05, 0.1) is 5.56 Å². The van der Waals surface area contributed by atoms with Gasteiger partial charge in [0.25, 0.3) is 5.91 Å². The number of amides is 1. The Morgan fingerprint density at radius 2 is 1.95 bits per heavy atom. The predicted molar refractivity (Wildman–Crippen MR) is 91.6 cm³/mol. The molecule has 1 amide bonds. The van der Waals surface area contributed by atoms with Crippen LogP contribution in [0.3, 0.4) is 0 Å². The lowest BCUT2D eigenvalue weighted by atomic mass is 10.0. The molecule has 2 rings (SSSR count). The summed E-state index contributed by atoms with van der Waals surface area (Å²) in [5, 5.41) is 12.9. The van der Waals surface area contributed by atoms with Crippen LogP contribution in [0.1, 0.15) is 58.6 Å². The summed E-state index contributed by atoms with van der Waals surface area (Å²) in [7, 11) is 0. The fourth-order valence-electron chi connectivity index (χ4n) is 2.41. The molecule has 114 valence electrons. The van der Waals surface area contributed by atoms with Gasteiger partial charge in [0.2, 0.25) is 0 Å². The topological polar surface area (TPSA) is 52.9 Å². The number of hydrogen-bond acceptors (Lipinski definition) is 3. The van der Waals surface area contributed by atoms with Crippen LogP contribution < -0.4 is 5.32 Å². The molecule has 1 N–H and O–H groups in total. The van der Waals surface area contributed by atoms with Crippen molar-refractivity contribution in [3.8, 4) is 6.07 Å². The van der Waals surface area contributed by atoms with Gasteiger partial charge in [0.1, 0.15) is 11.1 Å². The number of nitriles is 1. The van der Waals surface area contributed by atoms with Crippen LogP contribution in [0.5, 0.6) is 0 Å². The summed E-state index contributed by atoms with van der Waals surface area (Å²) >= 11 is 1.47. The summed E-state index contributed by atoms with van der Waals surface area (Å²) in [5.41, 5.74) is 3.43. The number of hydrogen-bond donors (Lipinski definition) is 1. The highest BCUT2D eigenvalue weighted by Crippen LogP contribution is 2.33. The van der Waals surface area contributed by atoms with E-state index in [0.29, 0.717) is 22.0 Å². The van der Waals surface area contributed by atoms with Crippen LogP contribution in [0, 0.1) is 18.3 Å². The van der Waals surface area contributed by atoms with Crippen molar-refractivity contribution in [2.45, 2.75) is 40.0 Å². The van der Waals surface area contributed by atoms with Crippen LogP contribution in [0.4, 0.5) is 5.00 Å². The quantitative estimate of drug-likeness (QED) is 0.876. The summed E-state index contributed by atoms with van der Waals surface area (Å²) < 4.78 is 0. The van der Waals surface area contributed by atoms with Crippen LogP contribution in [0.15, 0.2) is 24.3 Å². The minimum absolute atomic E-state index is 0.171. The Balaban J connectivity index is 2.24. The average molecular weight is 312 g/mol. The minimum Gasteiger partial charge on any atom is -0.312 e. The molecular formula is C18H20N2OS. The number of carbonyl (C=O) groups is 1. The summed E-state index contributed by atoms with van der Waals surface area (Å²) in [6.07, 6.45) is 0.796. The fraction of sp³-hybridized carbons (Fsp3) is 0.333. The van der Waals surface area contributed by atoms with Gasteiger partial charge in [-0.05, 0) is 42.5 Å². The lowest BCUT2D eigenvalue weighted by molar-refractivity contribution is 0.102. The normalized spacial score (nSPS) is 10.5. The Hall–Kier alpha value is -2.12. The first-order valence-electron chi connectivity index (χ1n) is 7.41. The van der Waals surface area contributed by atoms with E-state index in [2.05, 4.69) is 25.2 Å². The van der Waals surface area contributed by atoms with Crippen molar-refractivity contribution in [1.29, 1.82) is 5.26 Å². The highest BCUT2D eigenvalue weighted by molar-refractivity contribution is 7.16. The highest BCUT2D eigenvalue weighted by atomic mass is 32.1. The maximum Gasteiger partial charge on any atom is 0.256 e. The number of carbonyl (C=O) groups excluding carboxylic acids is 1. The fourth-order valence-corrected chi connectivity index (χ4v) is 3.50. The van der Waals surface area contributed by atoms with Crippen molar-refractivity contribution in [2.75, 3.05) is 5.32 Å². The molecule has 1 aromatic carbocycles. The third-order valence-electron chi connectivity index (χ3n) is 3.74. The van der Waals surface area contributed by atoms with Gasteiger partial charge in [-0.15, -0.1) is 11.3 Å².